The summed E-state index contributed by atoms with van der Waals surface area (Å²) in [7, 11) is 0. The maximum absolute atomic E-state index is 13.6. The molecule has 0 aliphatic carbocycles. The number of hydrogen-bond acceptors (Lipinski definition) is 3. The van der Waals surface area contributed by atoms with Gasteiger partial charge in [-0.15, -0.1) is 0 Å². The van der Waals surface area contributed by atoms with Gasteiger partial charge >= 0.3 is 0 Å². The molecule has 0 aliphatic rings. The molecule has 6 heteroatoms. The van der Waals surface area contributed by atoms with E-state index in [0.29, 0.717) is 17.0 Å². The van der Waals surface area contributed by atoms with Crippen LogP contribution >= 0.6 is 0 Å². The molecule has 0 saturated heterocycles. The summed E-state index contributed by atoms with van der Waals surface area (Å²) in [6, 6.07) is 7.32. The van der Waals surface area contributed by atoms with Crippen molar-refractivity contribution in [3.05, 3.63) is 59.4 Å². The van der Waals surface area contributed by atoms with Crippen molar-refractivity contribution < 1.29 is 8.78 Å². The van der Waals surface area contributed by atoms with Crippen molar-refractivity contribution in [1.82, 2.24) is 14.6 Å². The molecular formula is C14H12F2N4. The second-order valence-electron chi connectivity index (χ2n) is 4.54. The van der Waals surface area contributed by atoms with Gasteiger partial charge in [0.1, 0.15) is 23.8 Å². The monoisotopic (exact) mass is 274 g/mol. The highest BCUT2D eigenvalue weighted by atomic mass is 19.1. The van der Waals surface area contributed by atoms with Gasteiger partial charge in [-0.05, 0) is 30.7 Å². The Morgan fingerprint density at radius 1 is 1.20 bits per heavy atom. The van der Waals surface area contributed by atoms with E-state index in [4.69, 9.17) is 0 Å². The third-order valence-electron chi connectivity index (χ3n) is 3.00. The largest absolute Gasteiger partial charge is 0.366 e. The topological polar surface area (TPSA) is 42.2 Å². The van der Waals surface area contributed by atoms with Crippen LogP contribution in [0.1, 0.15) is 11.1 Å². The number of halogens is 2. The predicted octanol–water partition coefficient (Wildman–Crippen LogP) is 2.93. The van der Waals surface area contributed by atoms with E-state index < -0.39 is 11.6 Å². The number of benzene rings is 1. The molecule has 0 atom stereocenters. The lowest BCUT2D eigenvalue weighted by Gasteiger charge is -2.10. The quantitative estimate of drug-likeness (QED) is 0.798. The molecule has 2 aromatic heterocycles. The van der Waals surface area contributed by atoms with Gasteiger partial charge in [0.15, 0.2) is 5.65 Å². The number of pyridine rings is 1. The summed E-state index contributed by atoms with van der Waals surface area (Å²) in [6.45, 7) is 2.18. The van der Waals surface area contributed by atoms with Gasteiger partial charge in [0.25, 0.3) is 0 Å². The van der Waals surface area contributed by atoms with Gasteiger partial charge in [-0.25, -0.2) is 13.8 Å². The molecule has 0 bridgehead atoms. The Bertz CT molecular complexity index is 767. The number of aromatic nitrogens is 3. The standard InChI is InChI=1S/C14H12F2N4/c1-9-4-13(20-14(5-9)18-8-19-20)17-7-10-2-3-11(15)6-12(10)16/h2-6,8,17H,7H2,1H3. The fourth-order valence-corrected chi connectivity index (χ4v) is 2.03. The van der Waals surface area contributed by atoms with Crippen LogP contribution in [0.25, 0.3) is 5.65 Å². The van der Waals surface area contributed by atoms with E-state index in [-0.39, 0.29) is 6.54 Å². The smallest absolute Gasteiger partial charge is 0.157 e. The van der Waals surface area contributed by atoms with Gasteiger partial charge in [-0.2, -0.15) is 9.61 Å². The zero-order chi connectivity index (χ0) is 14.1. The molecule has 0 amide bonds. The molecule has 4 nitrogen and oxygen atoms in total. The summed E-state index contributed by atoms with van der Waals surface area (Å²) in [5.41, 5.74) is 2.13. The van der Waals surface area contributed by atoms with E-state index in [2.05, 4.69) is 15.4 Å². The van der Waals surface area contributed by atoms with Gasteiger partial charge < -0.3 is 5.32 Å². The number of aryl methyl sites for hydroxylation is 1. The molecule has 0 spiro atoms. The SMILES string of the molecule is Cc1cc(NCc2ccc(F)cc2F)n2ncnc2c1. The van der Waals surface area contributed by atoms with Gasteiger partial charge in [0.05, 0.1) is 0 Å². The van der Waals surface area contributed by atoms with Crippen molar-refractivity contribution in [2.75, 3.05) is 5.32 Å². The lowest BCUT2D eigenvalue weighted by atomic mass is 10.2. The Hall–Kier alpha value is -2.50. The third-order valence-corrected chi connectivity index (χ3v) is 3.00. The second-order valence-corrected chi connectivity index (χ2v) is 4.54. The maximum atomic E-state index is 13.6. The molecule has 0 saturated carbocycles. The van der Waals surface area contributed by atoms with Crippen molar-refractivity contribution in [2.45, 2.75) is 13.5 Å². The fraction of sp³-hybridized carbons (Fsp3) is 0.143. The van der Waals surface area contributed by atoms with E-state index in [1.807, 2.05) is 19.1 Å². The lowest BCUT2D eigenvalue weighted by molar-refractivity contribution is 0.574. The molecule has 20 heavy (non-hydrogen) atoms. The highest BCUT2D eigenvalue weighted by Gasteiger charge is 2.07. The van der Waals surface area contributed by atoms with Crippen molar-refractivity contribution in [2.24, 2.45) is 0 Å². The van der Waals surface area contributed by atoms with Crippen molar-refractivity contribution in [3.63, 3.8) is 0 Å². The van der Waals surface area contributed by atoms with Crippen LogP contribution in [0.5, 0.6) is 0 Å². The molecule has 3 aromatic rings. The van der Waals surface area contributed by atoms with E-state index in [1.165, 1.54) is 18.5 Å². The Kier molecular flexibility index (Phi) is 3.06. The number of hydrogen-bond donors (Lipinski definition) is 1. The van der Waals surface area contributed by atoms with Gasteiger partial charge in [-0.1, -0.05) is 6.07 Å². The third kappa shape index (κ3) is 2.32. The van der Waals surface area contributed by atoms with E-state index >= 15 is 0 Å². The first-order valence-electron chi connectivity index (χ1n) is 6.12. The van der Waals surface area contributed by atoms with E-state index in [1.54, 1.807) is 4.52 Å². The van der Waals surface area contributed by atoms with Crippen LogP contribution in [-0.4, -0.2) is 14.6 Å². The molecule has 3 rings (SSSR count). The second kappa shape index (κ2) is 4.88. The molecule has 0 radical (unpaired) electrons. The van der Waals surface area contributed by atoms with Crippen LogP contribution in [0.4, 0.5) is 14.6 Å². The average Bonchev–Trinajstić information content (AvgIpc) is 2.85. The van der Waals surface area contributed by atoms with E-state index in [9.17, 15) is 8.78 Å². The number of rotatable bonds is 3. The minimum atomic E-state index is -0.583. The zero-order valence-electron chi connectivity index (χ0n) is 10.8. The van der Waals surface area contributed by atoms with E-state index in [0.717, 1.165) is 11.6 Å². The van der Waals surface area contributed by atoms with Crippen molar-refractivity contribution >= 4 is 11.5 Å². The molecule has 0 unspecified atom stereocenters. The Morgan fingerprint density at radius 2 is 2.05 bits per heavy atom. The summed E-state index contributed by atoms with van der Waals surface area (Å²) >= 11 is 0. The number of nitrogens with one attached hydrogen (secondary N) is 1. The lowest BCUT2D eigenvalue weighted by Crippen LogP contribution is -2.07. The molecule has 102 valence electrons. The molecule has 0 fully saturated rings. The predicted molar refractivity (Wildman–Crippen MR) is 71.4 cm³/mol. The average molecular weight is 274 g/mol. The first-order chi connectivity index (χ1) is 9.63. The molecule has 1 aromatic carbocycles. The highest BCUT2D eigenvalue weighted by molar-refractivity contribution is 5.51. The van der Waals surface area contributed by atoms with Crippen LogP contribution in [0.2, 0.25) is 0 Å². The maximum Gasteiger partial charge on any atom is 0.157 e. The van der Waals surface area contributed by atoms with Crippen LogP contribution < -0.4 is 5.32 Å². The van der Waals surface area contributed by atoms with Crippen LogP contribution in [0, 0.1) is 18.6 Å². The first-order valence-corrected chi connectivity index (χ1v) is 6.12. The Balaban J connectivity index is 1.88. The van der Waals surface area contributed by atoms with Crippen LogP contribution in [0.3, 0.4) is 0 Å². The van der Waals surface area contributed by atoms with Crippen molar-refractivity contribution in [1.29, 1.82) is 0 Å². The molecular weight excluding hydrogens is 262 g/mol. The Labute approximate surface area is 114 Å². The zero-order valence-corrected chi connectivity index (χ0v) is 10.8. The summed E-state index contributed by atoms with van der Waals surface area (Å²) < 4.78 is 28.1. The molecule has 1 N–H and O–H groups in total. The summed E-state index contributed by atoms with van der Waals surface area (Å²) in [4.78, 5) is 4.11. The van der Waals surface area contributed by atoms with Crippen molar-refractivity contribution in [3.8, 4) is 0 Å². The number of fused-ring (bicyclic) bond motifs is 1. The van der Waals surface area contributed by atoms with Crippen LogP contribution in [0.15, 0.2) is 36.7 Å². The normalized spacial score (nSPS) is 10.9. The summed E-state index contributed by atoms with van der Waals surface area (Å²) in [5, 5.41) is 7.19. The first kappa shape index (κ1) is 12.5. The fourth-order valence-electron chi connectivity index (χ4n) is 2.03. The summed E-state index contributed by atoms with van der Waals surface area (Å²) in [6.07, 6.45) is 1.46. The highest BCUT2D eigenvalue weighted by Crippen LogP contribution is 2.16. The van der Waals surface area contributed by atoms with Gasteiger partial charge in [0.2, 0.25) is 0 Å². The molecule has 2 heterocycles. The Morgan fingerprint density at radius 3 is 2.85 bits per heavy atom. The summed E-state index contributed by atoms with van der Waals surface area (Å²) in [5.74, 6) is -0.443. The van der Waals surface area contributed by atoms with Crippen LogP contribution in [-0.2, 0) is 6.54 Å². The van der Waals surface area contributed by atoms with Gasteiger partial charge in [-0.3, -0.25) is 0 Å². The minimum Gasteiger partial charge on any atom is -0.366 e. The minimum absolute atomic E-state index is 0.241. The van der Waals surface area contributed by atoms with Gasteiger partial charge in [0, 0.05) is 18.2 Å². The number of anilines is 1. The number of nitrogens with zero attached hydrogens (tertiary/aromatic N) is 3. The molecule has 0 aliphatic heterocycles.